The van der Waals surface area contributed by atoms with Gasteiger partial charge in [0.05, 0.1) is 31.7 Å². The van der Waals surface area contributed by atoms with E-state index in [9.17, 15) is 14.2 Å². The molecule has 34 heavy (non-hydrogen) atoms. The van der Waals surface area contributed by atoms with Crippen molar-refractivity contribution in [2.75, 3.05) is 25.3 Å². The number of aromatic nitrogens is 4. The first kappa shape index (κ1) is 27.6. The van der Waals surface area contributed by atoms with E-state index in [1.807, 2.05) is 0 Å². The zero-order valence-electron chi connectivity index (χ0n) is 20.3. The van der Waals surface area contributed by atoms with Crippen molar-refractivity contribution in [2.24, 2.45) is 0 Å². The summed E-state index contributed by atoms with van der Waals surface area (Å²) in [4.78, 5) is 36.5. The van der Waals surface area contributed by atoms with E-state index in [1.54, 1.807) is 38.6 Å². The van der Waals surface area contributed by atoms with E-state index in [4.69, 9.17) is 24.5 Å². The second kappa shape index (κ2) is 11.7. The molecule has 0 aromatic carbocycles. The molecule has 0 bridgehead atoms. The summed E-state index contributed by atoms with van der Waals surface area (Å²) in [6.45, 7) is 9.66. The third kappa shape index (κ3) is 7.73. The topological polar surface area (TPSA) is 170 Å². The number of anilines is 1. The van der Waals surface area contributed by atoms with Crippen LogP contribution in [0.2, 0.25) is 0 Å². The molecule has 14 heteroatoms. The van der Waals surface area contributed by atoms with Crippen LogP contribution in [0.15, 0.2) is 12.7 Å². The van der Waals surface area contributed by atoms with Crippen LogP contribution in [0.3, 0.4) is 0 Å². The van der Waals surface area contributed by atoms with Gasteiger partial charge < -0.3 is 29.0 Å². The van der Waals surface area contributed by atoms with Gasteiger partial charge >= 0.3 is 11.9 Å². The molecule has 0 radical (unpaired) electrons. The monoisotopic (exact) mass is 500 g/mol. The summed E-state index contributed by atoms with van der Waals surface area (Å²) in [5, 5.41) is 2.68. The van der Waals surface area contributed by atoms with Crippen LogP contribution < -0.4 is 10.8 Å². The summed E-state index contributed by atoms with van der Waals surface area (Å²) in [7, 11) is -3.86. The van der Waals surface area contributed by atoms with E-state index in [2.05, 4.69) is 20.0 Å². The van der Waals surface area contributed by atoms with Crippen molar-refractivity contribution in [3.05, 3.63) is 12.7 Å². The first-order valence-corrected chi connectivity index (χ1v) is 12.6. The number of ether oxygens (including phenoxy) is 3. The van der Waals surface area contributed by atoms with Gasteiger partial charge in [0.25, 0.3) is 7.52 Å². The molecule has 0 aliphatic heterocycles. The van der Waals surface area contributed by atoms with E-state index < -0.39 is 44.1 Å². The number of carbonyl (C=O) groups is 2. The fourth-order valence-corrected chi connectivity index (χ4v) is 4.84. The summed E-state index contributed by atoms with van der Waals surface area (Å²) in [5.41, 5.74) is 5.44. The second-order valence-corrected chi connectivity index (χ2v) is 10.5. The highest BCUT2D eigenvalue weighted by Gasteiger charge is 2.39. The highest BCUT2D eigenvalue weighted by molar-refractivity contribution is 7.56. The van der Waals surface area contributed by atoms with Gasteiger partial charge in [-0.15, -0.1) is 0 Å². The molecule has 2 atom stereocenters. The number of nitrogens with one attached hydrogen (secondary N) is 1. The molecule has 2 heterocycles. The number of nitrogen functional groups attached to an aromatic ring is 1. The normalized spacial score (nSPS) is 14.7. The molecule has 0 amide bonds. The molecule has 2 rings (SSSR count). The lowest BCUT2D eigenvalue weighted by Crippen LogP contribution is -2.47. The minimum absolute atomic E-state index is 0.149. The number of esters is 2. The highest BCUT2D eigenvalue weighted by Crippen LogP contribution is 2.45. The van der Waals surface area contributed by atoms with Gasteiger partial charge in [-0.3, -0.25) is 9.36 Å². The number of carbonyl (C=O) groups excluding carboxylic acids is 2. The van der Waals surface area contributed by atoms with Gasteiger partial charge in [-0.2, -0.15) is 0 Å². The van der Waals surface area contributed by atoms with Crippen LogP contribution in [-0.4, -0.2) is 68.8 Å². The molecule has 190 valence electrons. The summed E-state index contributed by atoms with van der Waals surface area (Å²) in [5.74, 6) is -1.06. The minimum atomic E-state index is -3.86. The number of rotatable bonds is 13. The Hall–Kier alpha value is -2.60. The van der Waals surface area contributed by atoms with Crippen molar-refractivity contribution in [1.82, 2.24) is 24.6 Å². The smallest absolute Gasteiger partial charge is 0.332 e. The van der Waals surface area contributed by atoms with Crippen molar-refractivity contribution < 1.29 is 32.9 Å². The van der Waals surface area contributed by atoms with Crippen molar-refractivity contribution in [1.29, 1.82) is 0 Å². The quantitative estimate of drug-likeness (QED) is 0.303. The van der Waals surface area contributed by atoms with E-state index in [-0.39, 0.29) is 18.5 Å². The number of hydrogen-bond donors (Lipinski definition) is 2. The zero-order valence-corrected chi connectivity index (χ0v) is 21.2. The molecular weight excluding hydrogens is 467 g/mol. The van der Waals surface area contributed by atoms with Crippen LogP contribution in [0.1, 0.15) is 41.5 Å². The first-order chi connectivity index (χ1) is 15.9. The Morgan fingerprint density at radius 3 is 2.59 bits per heavy atom. The molecule has 2 aromatic rings. The van der Waals surface area contributed by atoms with E-state index >= 15 is 0 Å². The largest absolute Gasteiger partial charge is 0.465 e. The van der Waals surface area contributed by atoms with Crippen molar-refractivity contribution in [3.8, 4) is 0 Å². The Labute approximate surface area is 198 Å². The Balaban J connectivity index is 2.11. The summed E-state index contributed by atoms with van der Waals surface area (Å²) in [6.07, 6.45) is 1.63. The Kier molecular flexibility index (Phi) is 9.51. The van der Waals surface area contributed by atoms with E-state index in [1.165, 1.54) is 20.2 Å². The van der Waals surface area contributed by atoms with Gasteiger partial charge in [-0.1, -0.05) is 0 Å². The number of imidazole rings is 1. The summed E-state index contributed by atoms with van der Waals surface area (Å²) < 4.78 is 36.5. The number of nitrogens with two attached hydrogens (primary N) is 1. The SMILES string of the molecule is CCOC(=O)C(C)(C)N[P@@](=O)(CO[C@H](C)Cn1cnc2c(N)ncnc21)OCC(=O)OC(C)C. The van der Waals surface area contributed by atoms with Crippen molar-refractivity contribution in [3.63, 3.8) is 0 Å². The molecule has 0 unspecified atom stereocenters. The second-order valence-electron chi connectivity index (χ2n) is 8.38. The van der Waals surface area contributed by atoms with Gasteiger partial charge in [0.15, 0.2) is 18.1 Å². The first-order valence-electron chi connectivity index (χ1n) is 10.8. The zero-order chi connectivity index (χ0) is 25.5. The van der Waals surface area contributed by atoms with Crippen LogP contribution in [0, 0.1) is 0 Å². The molecule has 0 saturated heterocycles. The Bertz CT molecular complexity index is 1040. The third-order valence-electron chi connectivity index (χ3n) is 4.41. The molecule has 2 aromatic heterocycles. The van der Waals surface area contributed by atoms with Crippen LogP contribution in [0.4, 0.5) is 5.82 Å². The average Bonchev–Trinajstić information content (AvgIpc) is 3.14. The molecule has 0 spiro atoms. The lowest BCUT2D eigenvalue weighted by molar-refractivity contribution is -0.149. The third-order valence-corrected chi connectivity index (χ3v) is 6.34. The highest BCUT2D eigenvalue weighted by atomic mass is 31.2. The standard InChI is InChI=1S/C20H33N6O7P/c1-7-30-19(28)20(5,6)25-34(29,32-9-15(27)33-13(2)3)12-31-14(4)8-26-11-24-16-17(21)22-10-23-18(16)26/h10-11,13-14H,7-9,12H2,1-6H3,(H,25,29)(H2,21,22,23)/t14-,34-/m1/s1. The minimum Gasteiger partial charge on any atom is -0.465 e. The fraction of sp³-hybridized carbons (Fsp3) is 0.650. The molecule has 3 N–H and O–H groups in total. The summed E-state index contributed by atoms with van der Waals surface area (Å²) >= 11 is 0. The molecule has 0 saturated carbocycles. The van der Waals surface area contributed by atoms with Crippen LogP contribution in [-0.2, 0) is 39.4 Å². The van der Waals surface area contributed by atoms with Gasteiger partial charge in [-0.05, 0) is 41.5 Å². The van der Waals surface area contributed by atoms with Crippen LogP contribution >= 0.6 is 7.52 Å². The Morgan fingerprint density at radius 1 is 1.24 bits per heavy atom. The molecule has 0 fully saturated rings. The van der Waals surface area contributed by atoms with Crippen molar-refractivity contribution >= 4 is 36.4 Å². The van der Waals surface area contributed by atoms with Crippen LogP contribution in [0.5, 0.6) is 0 Å². The predicted octanol–water partition coefficient (Wildman–Crippen LogP) is 1.86. The predicted molar refractivity (Wildman–Crippen MR) is 124 cm³/mol. The maximum absolute atomic E-state index is 13.6. The molecular formula is C20H33N6O7P. The maximum atomic E-state index is 13.6. The molecule has 13 nitrogen and oxygen atoms in total. The molecule has 0 aliphatic carbocycles. The maximum Gasteiger partial charge on any atom is 0.332 e. The fourth-order valence-electron chi connectivity index (χ4n) is 2.93. The Morgan fingerprint density at radius 2 is 1.94 bits per heavy atom. The summed E-state index contributed by atoms with van der Waals surface area (Å²) in [6, 6.07) is 0. The van der Waals surface area contributed by atoms with Gasteiger partial charge in [0, 0.05) is 0 Å². The van der Waals surface area contributed by atoms with E-state index in [0.717, 1.165) is 0 Å². The average molecular weight is 500 g/mol. The molecule has 0 aliphatic rings. The number of hydrogen-bond acceptors (Lipinski definition) is 11. The van der Waals surface area contributed by atoms with Crippen LogP contribution in [0.25, 0.3) is 11.2 Å². The van der Waals surface area contributed by atoms with Crippen molar-refractivity contribution in [2.45, 2.75) is 65.8 Å². The van der Waals surface area contributed by atoms with Gasteiger partial charge in [0.2, 0.25) is 0 Å². The van der Waals surface area contributed by atoms with Gasteiger partial charge in [0.1, 0.15) is 23.7 Å². The lowest BCUT2D eigenvalue weighted by Gasteiger charge is -2.30. The number of fused-ring (bicyclic) bond motifs is 1. The number of nitrogens with zero attached hydrogens (tertiary/aromatic N) is 4. The van der Waals surface area contributed by atoms with Gasteiger partial charge in [-0.25, -0.2) is 24.8 Å². The lowest BCUT2D eigenvalue weighted by atomic mass is 10.1. The van der Waals surface area contributed by atoms with E-state index in [0.29, 0.717) is 17.7 Å².